The van der Waals surface area contributed by atoms with Crippen molar-refractivity contribution in [1.82, 2.24) is 0 Å². The fraction of sp³-hybridized carbons (Fsp3) is 0.263. The van der Waals surface area contributed by atoms with E-state index < -0.39 is 17.3 Å². The topological polar surface area (TPSA) is 66.8 Å². The summed E-state index contributed by atoms with van der Waals surface area (Å²) in [6, 6.07) is 5.00. The number of anilines is 1. The van der Waals surface area contributed by atoms with E-state index in [1.807, 2.05) is 13.8 Å². The van der Waals surface area contributed by atoms with Crippen LogP contribution in [-0.4, -0.2) is 37.1 Å². The summed E-state index contributed by atoms with van der Waals surface area (Å²) in [5.41, 5.74) is 0.121. The predicted octanol–water partition coefficient (Wildman–Crippen LogP) is 6.08. The van der Waals surface area contributed by atoms with E-state index in [1.165, 1.54) is 7.11 Å². The van der Waals surface area contributed by atoms with Gasteiger partial charge in [-0.2, -0.15) is 0 Å². The second kappa shape index (κ2) is 9.23. The quantitative estimate of drug-likeness (QED) is 0.305. The summed E-state index contributed by atoms with van der Waals surface area (Å²) in [7, 11) is 1.42. The number of carbonyl (C=O) groups is 2. The van der Waals surface area contributed by atoms with Crippen molar-refractivity contribution in [1.29, 1.82) is 0 Å². The van der Waals surface area contributed by atoms with Crippen molar-refractivity contribution in [2.24, 2.45) is 0 Å². The number of rotatable bonds is 7. The van der Waals surface area contributed by atoms with Gasteiger partial charge in [0.15, 0.2) is 5.78 Å². The average molecular weight is 465 g/mol. The third-order valence-electron chi connectivity index (χ3n) is 4.27. The normalized spacial score (nSPS) is 10.7. The maximum atomic E-state index is 13.2. The molecule has 0 bridgehead atoms. The van der Waals surface area contributed by atoms with Gasteiger partial charge in [0.25, 0.3) is 0 Å². The van der Waals surface area contributed by atoms with Gasteiger partial charge in [-0.25, -0.2) is 4.79 Å². The van der Waals surface area contributed by atoms with Crippen LogP contribution in [0, 0.1) is 0 Å². The van der Waals surface area contributed by atoms with Crippen molar-refractivity contribution < 1.29 is 19.4 Å². The molecule has 0 unspecified atom stereocenters. The van der Waals surface area contributed by atoms with Crippen LogP contribution in [0.15, 0.2) is 18.2 Å². The van der Waals surface area contributed by atoms with Crippen LogP contribution in [0.1, 0.15) is 40.1 Å². The molecule has 0 aliphatic rings. The van der Waals surface area contributed by atoms with E-state index in [0.717, 1.165) is 18.8 Å². The van der Waals surface area contributed by atoms with Crippen molar-refractivity contribution in [2.45, 2.75) is 13.8 Å². The van der Waals surface area contributed by atoms with Crippen LogP contribution in [-0.2, 0) is 0 Å². The molecule has 0 aliphatic heterocycles. The number of hydrogen-bond donors (Lipinski definition) is 1. The van der Waals surface area contributed by atoms with E-state index in [2.05, 4.69) is 4.90 Å². The molecule has 2 rings (SSSR count). The van der Waals surface area contributed by atoms with E-state index in [1.54, 1.807) is 18.2 Å². The Hall–Kier alpha value is -1.66. The van der Waals surface area contributed by atoms with Crippen LogP contribution < -0.4 is 9.64 Å². The van der Waals surface area contributed by atoms with Gasteiger partial charge in [-0.15, -0.1) is 0 Å². The minimum absolute atomic E-state index is 0.122. The van der Waals surface area contributed by atoms with E-state index in [9.17, 15) is 14.7 Å². The van der Waals surface area contributed by atoms with Crippen molar-refractivity contribution in [3.05, 3.63) is 55.0 Å². The zero-order chi connectivity index (χ0) is 21.2. The lowest BCUT2D eigenvalue weighted by Crippen LogP contribution is -2.22. The Balaban J connectivity index is 2.72. The van der Waals surface area contributed by atoms with Crippen LogP contribution in [0.2, 0.25) is 20.1 Å². The molecule has 0 heterocycles. The molecule has 0 radical (unpaired) electrons. The molecule has 2 aromatic carbocycles. The first kappa shape index (κ1) is 22.6. The number of carboxylic acid groups (broad SMARTS) is 1. The Morgan fingerprint density at radius 3 is 1.96 bits per heavy atom. The molecular weight excluding hydrogens is 448 g/mol. The van der Waals surface area contributed by atoms with Crippen LogP contribution in [0.5, 0.6) is 5.75 Å². The largest absolute Gasteiger partial charge is 0.496 e. The number of hydrogen-bond acceptors (Lipinski definition) is 4. The fourth-order valence-corrected chi connectivity index (χ4v) is 3.85. The number of nitrogens with zero attached hydrogens (tertiary/aromatic N) is 1. The third kappa shape index (κ3) is 4.03. The van der Waals surface area contributed by atoms with Crippen LogP contribution in [0.3, 0.4) is 0 Å². The number of halogens is 4. The second-order valence-corrected chi connectivity index (χ2v) is 7.21. The molecule has 0 atom stereocenters. The highest BCUT2D eigenvalue weighted by Gasteiger charge is 2.30. The summed E-state index contributed by atoms with van der Waals surface area (Å²) in [6.07, 6.45) is 0. The van der Waals surface area contributed by atoms with E-state index in [0.29, 0.717) is 0 Å². The monoisotopic (exact) mass is 463 g/mol. The molecule has 0 saturated heterocycles. The minimum atomic E-state index is -1.45. The van der Waals surface area contributed by atoms with E-state index >= 15 is 0 Å². The van der Waals surface area contributed by atoms with Crippen molar-refractivity contribution in [3.8, 4) is 5.75 Å². The molecule has 0 aromatic heterocycles. The zero-order valence-electron chi connectivity index (χ0n) is 15.3. The summed E-state index contributed by atoms with van der Waals surface area (Å²) >= 11 is 24.2. The maximum Gasteiger partial charge on any atom is 0.338 e. The molecule has 1 N–H and O–H groups in total. The Labute approximate surface area is 182 Å². The fourth-order valence-electron chi connectivity index (χ4n) is 2.83. The number of benzene rings is 2. The smallest absolute Gasteiger partial charge is 0.338 e. The highest BCUT2D eigenvalue weighted by atomic mass is 35.5. The Bertz CT molecular complexity index is 942. The number of carbonyl (C=O) groups excluding carboxylic acids is 1. The predicted molar refractivity (Wildman–Crippen MR) is 113 cm³/mol. The van der Waals surface area contributed by atoms with Gasteiger partial charge in [0, 0.05) is 24.8 Å². The number of ketones is 1. The lowest BCUT2D eigenvalue weighted by atomic mass is 9.97. The SMILES string of the molecule is CCN(CC)c1ccc(C(=O)c2c(Cl)c(Cl)c(Cl)c(Cl)c2C(=O)O)c(OC)c1. The summed E-state index contributed by atoms with van der Waals surface area (Å²) < 4.78 is 5.36. The van der Waals surface area contributed by atoms with Gasteiger partial charge >= 0.3 is 5.97 Å². The molecule has 0 saturated carbocycles. The molecule has 28 heavy (non-hydrogen) atoms. The number of aromatic carboxylic acids is 1. The lowest BCUT2D eigenvalue weighted by Gasteiger charge is -2.22. The second-order valence-electron chi connectivity index (χ2n) is 5.70. The van der Waals surface area contributed by atoms with Gasteiger partial charge < -0.3 is 14.7 Å². The third-order valence-corrected chi connectivity index (χ3v) is 6.07. The minimum Gasteiger partial charge on any atom is -0.496 e. The maximum absolute atomic E-state index is 13.2. The first-order valence-corrected chi connectivity index (χ1v) is 9.77. The molecule has 9 heteroatoms. The van der Waals surface area contributed by atoms with Crippen LogP contribution in [0.25, 0.3) is 0 Å². The molecule has 0 fully saturated rings. The lowest BCUT2D eigenvalue weighted by molar-refractivity contribution is 0.0693. The van der Waals surface area contributed by atoms with Gasteiger partial charge in [-0.3, -0.25) is 4.79 Å². The van der Waals surface area contributed by atoms with Gasteiger partial charge in [-0.05, 0) is 26.0 Å². The highest BCUT2D eigenvalue weighted by Crippen LogP contribution is 2.43. The summed E-state index contributed by atoms with van der Waals surface area (Å²) in [5.74, 6) is -1.87. The standard InChI is InChI=1S/C19H17Cl4NO4/c1-4-24(5-2)9-6-7-10(11(8-9)28-3)18(25)12-13(19(26)27)15(21)17(23)16(22)14(12)20/h6-8H,4-5H2,1-3H3,(H,26,27). The van der Waals surface area contributed by atoms with Crippen LogP contribution in [0.4, 0.5) is 5.69 Å². The summed E-state index contributed by atoms with van der Waals surface area (Å²) in [5, 5.41) is 8.49. The van der Waals surface area contributed by atoms with Crippen LogP contribution >= 0.6 is 46.4 Å². The summed E-state index contributed by atoms with van der Waals surface area (Å²) in [4.78, 5) is 27.0. The molecule has 5 nitrogen and oxygen atoms in total. The molecule has 0 aliphatic carbocycles. The Morgan fingerprint density at radius 2 is 1.50 bits per heavy atom. The van der Waals surface area contributed by atoms with E-state index in [4.69, 9.17) is 51.1 Å². The van der Waals surface area contributed by atoms with Gasteiger partial charge in [-0.1, -0.05) is 46.4 Å². The molecule has 150 valence electrons. The first-order chi connectivity index (χ1) is 13.2. The van der Waals surface area contributed by atoms with Crippen molar-refractivity contribution in [3.63, 3.8) is 0 Å². The number of methoxy groups -OCH3 is 1. The van der Waals surface area contributed by atoms with Gasteiger partial charge in [0.1, 0.15) is 5.75 Å². The zero-order valence-corrected chi connectivity index (χ0v) is 18.3. The highest BCUT2D eigenvalue weighted by molar-refractivity contribution is 6.54. The Kier molecular flexibility index (Phi) is 7.46. The first-order valence-electron chi connectivity index (χ1n) is 8.26. The molecular formula is C19H17Cl4NO4. The number of carboxylic acids is 1. The molecule has 0 spiro atoms. The molecule has 2 aromatic rings. The summed E-state index contributed by atoms with van der Waals surface area (Å²) in [6.45, 7) is 5.55. The van der Waals surface area contributed by atoms with Crippen molar-refractivity contribution in [2.75, 3.05) is 25.1 Å². The van der Waals surface area contributed by atoms with E-state index in [-0.39, 0.29) is 37.0 Å². The van der Waals surface area contributed by atoms with Gasteiger partial charge in [0.2, 0.25) is 0 Å². The molecule has 0 amide bonds. The average Bonchev–Trinajstić information content (AvgIpc) is 2.68. The van der Waals surface area contributed by atoms with Crippen molar-refractivity contribution >= 4 is 63.8 Å². The van der Waals surface area contributed by atoms with Gasteiger partial charge in [0.05, 0.1) is 43.9 Å². The number of ether oxygens (including phenoxy) is 1. The Morgan fingerprint density at radius 1 is 0.964 bits per heavy atom.